The number of phenolic OH excluding ortho intramolecular Hbond substituents is 1. The molecule has 104 valence electrons. The number of aromatic hydroxyl groups is 1. The molecule has 0 aliphatic carbocycles. The van der Waals surface area contributed by atoms with Crippen LogP contribution in [0, 0.1) is 6.92 Å². The maximum Gasteiger partial charge on any atom is 0.261 e. The molecular weight excluding hydrogens is 278 g/mol. The molecular formula is C14H13NO4S. The number of hydrogen-bond donors (Lipinski definition) is 2. The van der Waals surface area contributed by atoms with E-state index in [4.69, 9.17) is 0 Å². The smallest absolute Gasteiger partial charge is 0.261 e. The molecule has 0 bridgehead atoms. The fraction of sp³-hybridized carbons (Fsp3) is 0.0714. The number of benzene rings is 2. The predicted molar refractivity (Wildman–Crippen MR) is 75.5 cm³/mol. The highest BCUT2D eigenvalue weighted by atomic mass is 32.2. The molecule has 2 N–H and O–H groups in total. The third-order valence-corrected chi connectivity index (χ3v) is 4.14. The summed E-state index contributed by atoms with van der Waals surface area (Å²) >= 11 is 0. The van der Waals surface area contributed by atoms with Gasteiger partial charge in [-0.3, -0.25) is 9.52 Å². The Morgan fingerprint density at radius 3 is 2.30 bits per heavy atom. The molecule has 0 atom stereocenters. The quantitative estimate of drug-likeness (QED) is 0.847. The van der Waals surface area contributed by atoms with Crippen molar-refractivity contribution >= 4 is 22.0 Å². The van der Waals surface area contributed by atoms with Crippen molar-refractivity contribution in [3.05, 3.63) is 53.6 Å². The van der Waals surface area contributed by atoms with Gasteiger partial charge in [0.05, 0.1) is 16.1 Å². The third kappa shape index (κ3) is 2.97. The lowest BCUT2D eigenvalue weighted by atomic mass is 10.2. The molecule has 0 heterocycles. The van der Waals surface area contributed by atoms with Crippen molar-refractivity contribution in [3.63, 3.8) is 0 Å². The van der Waals surface area contributed by atoms with Gasteiger partial charge in [-0.05, 0) is 31.2 Å². The van der Waals surface area contributed by atoms with Crippen molar-refractivity contribution in [2.45, 2.75) is 11.8 Å². The molecule has 0 saturated heterocycles. The second-order valence-electron chi connectivity index (χ2n) is 4.31. The minimum absolute atomic E-state index is 0.100. The van der Waals surface area contributed by atoms with Gasteiger partial charge in [0.1, 0.15) is 5.75 Å². The van der Waals surface area contributed by atoms with Gasteiger partial charge in [0.15, 0.2) is 6.29 Å². The zero-order chi connectivity index (χ0) is 14.8. The van der Waals surface area contributed by atoms with Crippen molar-refractivity contribution in [2.24, 2.45) is 0 Å². The lowest BCUT2D eigenvalue weighted by Gasteiger charge is -2.09. The third-order valence-electron chi connectivity index (χ3n) is 2.74. The number of carbonyl (C=O) groups is 1. The van der Waals surface area contributed by atoms with Crippen molar-refractivity contribution < 1.29 is 18.3 Å². The molecule has 2 aromatic carbocycles. The Morgan fingerprint density at radius 2 is 1.75 bits per heavy atom. The zero-order valence-electron chi connectivity index (χ0n) is 10.7. The summed E-state index contributed by atoms with van der Waals surface area (Å²) in [6.45, 7) is 1.86. The van der Waals surface area contributed by atoms with Gasteiger partial charge in [-0.15, -0.1) is 0 Å². The summed E-state index contributed by atoms with van der Waals surface area (Å²) in [6.07, 6.45) is 0.494. The van der Waals surface area contributed by atoms with E-state index in [1.54, 1.807) is 12.1 Å². The topological polar surface area (TPSA) is 83.5 Å². The SMILES string of the molecule is Cc1ccc(S(=O)(=O)Nc2ccc(C=O)c(O)c2)cc1. The van der Waals surface area contributed by atoms with Gasteiger partial charge in [-0.25, -0.2) is 8.42 Å². The van der Waals surface area contributed by atoms with Crippen LogP contribution in [0.5, 0.6) is 5.75 Å². The van der Waals surface area contributed by atoms with Crippen LogP contribution < -0.4 is 4.72 Å². The highest BCUT2D eigenvalue weighted by Crippen LogP contribution is 2.23. The number of nitrogens with one attached hydrogen (secondary N) is 1. The molecule has 0 aromatic heterocycles. The van der Waals surface area contributed by atoms with Crippen molar-refractivity contribution in [3.8, 4) is 5.75 Å². The molecule has 0 fully saturated rings. The molecule has 0 aliphatic rings. The molecule has 0 amide bonds. The van der Waals surface area contributed by atoms with E-state index in [9.17, 15) is 18.3 Å². The number of rotatable bonds is 4. The monoisotopic (exact) mass is 291 g/mol. The van der Waals surface area contributed by atoms with Gasteiger partial charge in [-0.1, -0.05) is 17.7 Å². The van der Waals surface area contributed by atoms with Gasteiger partial charge in [-0.2, -0.15) is 0 Å². The second-order valence-corrected chi connectivity index (χ2v) is 5.99. The van der Waals surface area contributed by atoms with E-state index in [0.717, 1.165) is 5.56 Å². The highest BCUT2D eigenvalue weighted by molar-refractivity contribution is 7.92. The molecule has 0 aliphatic heterocycles. The van der Waals surface area contributed by atoms with Crippen LogP contribution in [0.3, 0.4) is 0 Å². The van der Waals surface area contributed by atoms with Crippen molar-refractivity contribution in [1.29, 1.82) is 0 Å². The van der Waals surface area contributed by atoms with E-state index in [1.807, 2.05) is 6.92 Å². The molecule has 2 aromatic rings. The van der Waals surface area contributed by atoms with E-state index in [0.29, 0.717) is 6.29 Å². The molecule has 2 rings (SSSR count). The number of anilines is 1. The number of carbonyl (C=O) groups excluding carboxylic acids is 1. The van der Waals surface area contributed by atoms with Gasteiger partial charge in [0.25, 0.3) is 10.0 Å². The average molecular weight is 291 g/mol. The molecule has 0 saturated carbocycles. The number of hydrogen-bond acceptors (Lipinski definition) is 4. The van der Waals surface area contributed by atoms with Crippen molar-refractivity contribution in [1.82, 2.24) is 0 Å². The normalized spacial score (nSPS) is 11.1. The average Bonchev–Trinajstić information content (AvgIpc) is 2.39. The van der Waals surface area contributed by atoms with Crippen LogP contribution in [-0.2, 0) is 10.0 Å². The van der Waals surface area contributed by atoms with Crippen LogP contribution in [-0.4, -0.2) is 19.8 Å². The van der Waals surface area contributed by atoms with Gasteiger partial charge >= 0.3 is 0 Å². The molecule has 6 heteroatoms. The Labute approximate surface area is 116 Å². The van der Waals surface area contributed by atoms with Crippen LogP contribution in [0.25, 0.3) is 0 Å². The Morgan fingerprint density at radius 1 is 1.10 bits per heavy atom. The molecule has 0 unspecified atom stereocenters. The number of aryl methyl sites for hydroxylation is 1. The summed E-state index contributed by atoms with van der Waals surface area (Å²) in [7, 11) is -3.72. The van der Waals surface area contributed by atoms with Gasteiger partial charge in [0, 0.05) is 6.07 Å². The first kappa shape index (κ1) is 14.1. The number of phenols is 1. The summed E-state index contributed by atoms with van der Waals surface area (Å²) < 4.78 is 26.6. The Kier molecular flexibility index (Phi) is 3.76. The van der Waals surface area contributed by atoms with E-state index < -0.39 is 10.0 Å². The maximum absolute atomic E-state index is 12.1. The maximum atomic E-state index is 12.1. The summed E-state index contributed by atoms with van der Waals surface area (Å²) in [6, 6.07) is 10.3. The van der Waals surface area contributed by atoms with Gasteiger partial charge < -0.3 is 5.11 Å². The zero-order valence-corrected chi connectivity index (χ0v) is 11.5. The van der Waals surface area contributed by atoms with Gasteiger partial charge in [0.2, 0.25) is 0 Å². The largest absolute Gasteiger partial charge is 0.507 e. The Hall–Kier alpha value is -2.34. The lowest BCUT2D eigenvalue weighted by molar-refractivity contribution is 0.112. The van der Waals surface area contributed by atoms with E-state index in [-0.39, 0.29) is 21.9 Å². The second kappa shape index (κ2) is 5.34. The van der Waals surface area contributed by atoms with E-state index in [2.05, 4.69) is 4.72 Å². The van der Waals surface area contributed by atoms with Crippen LogP contribution in [0.4, 0.5) is 5.69 Å². The molecule has 0 spiro atoms. The Bertz CT molecular complexity index is 736. The summed E-state index contributed by atoms with van der Waals surface area (Å²) in [5, 5.41) is 9.53. The number of aldehydes is 1. The minimum Gasteiger partial charge on any atom is -0.507 e. The van der Waals surface area contributed by atoms with Crippen LogP contribution in [0.1, 0.15) is 15.9 Å². The number of sulfonamides is 1. The standard InChI is InChI=1S/C14H13NO4S/c1-10-2-6-13(7-3-10)20(18,19)15-12-5-4-11(9-16)14(17)8-12/h2-9,15,17H,1H3. The highest BCUT2D eigenvalue weighted by Gasteiger charge is 2.14. The summed E-state index contributed by atoms with van der Waals surface area (Å²) in [5.41, 5.74) is 1.24. The first-order chi connectivity index (χ1) is 9.42. The lowest BCUT2D eigenvalue weighted by Crippen LogP contribution is -2.12. The van der Waals surface area contributed by atoms with Crippen molar-refractivity contribution in [2.75, 3.05) is 4.72 Å². The van der Waals surface area contributed by atoms with Crippen LogP contribution >= 0.6 is 0 Å². The fourth-order valence-electron chi connectivity index (χ4n) is 1.64. The fourth-order valence-corrected chi connectivity index (χ4v) is 2.69. The van der Waals surface area contributed by atoms with Crippen LogP contribution in [0.15, 0.2) is 47.4 Å². The summed E-state index contributed by atoms with van der Waals surface area (Å²) in [4.78, 5) is 10.7. The minimum atomic E-state index is -3.72. The molecule has 0 radical (unpaired) electrons. The first-order valence-electron chi connectivity index (χ1n) is 5.80. The van der Waals surface area contributed by atoms with E-state index in [1.165, 1.54) is 30.3 Å². The summed E-state index contributed by atoms with van der Waals surface area (Å²) in [5.74, 6) is -0.274. The molecule has 20 heavy (non-hydrogen) atoms. The first-order valence-corrected chi connectivity index (χ1v) is 7.28. The van der Waals surface area contributed by atoms with Crippen LogP contribution in [0.2, 0.25) is 0 Å². The predicted octanol–water partition coefficient (Wildman–Crippen LogP) is 2.31. The molecule has 5 nitrogen and oxygen atoms in total. The Balaban J connectivity index is 2.30. The van der Waals surface area contributed by atoms with E-state index >= 15 is 0 Å².